The minimum Gasteiger partial charge on any atom is -0.240 e. The van der Waals surface area contributed by atoms with Crippen molar-refractivity contribution < 1.29 is 0 Å². The Hall–Kier alpha value is -1.95. The number of fused-ring (bicyclic) bond motifs is 1. The molecule has 0 spiro atoms. The minimum atomic E-state index is 0.709. The third-order valence-corrected chi connectivity index (χ3v) is 2.78. The second-order valence-electron chi connectivity index (χ2n) is 3.61. The van der Waals surface area contributed by atoms with Crippen LogP contribution in [0.1, 0.15) is 5.82 Å². The Labute approximate surface area is 103 Å². The van der Waals surface area contributed by atoms with Crippen LogP contribution in [0.25, 0.3) is 16.8 Å². The van der Waals surface area contributed by atoms with E-state index in [2.05, 4.69) is 32.8 Å². The zero-order valence-electron chi connectivity index (χ0n) is 9.07. The van der Waals surface area contributed by atoms with Gasteiger partial charge in [0.25, 0.3) is 0 Å². The van der Waals surface area contributed by atoms with E-state index in [1.165, 1.54) is 0 Å². The van der Waals surface area contributed by atoms with Gasteiger partial charge in [-0.15, -0.1) is 12.6 Å². The van der Waals surface area contributed by atoms with E-state index < -0.39 is 0 Å². The van der Waals surface area contributed by atoms with Crippen molar-refractivity contribution in [2.75, 3.05) is 0 Å². The summed E-state index contributed by atoms with van der Waals surface area (Å²) >= 11 is 4.37. The maximum atomic E-state index is 4.40. The molecule has 0 fully saturated rings. The van der Waals surface area contributed by atoms with Crippen LogP contribution in [-0.2, 0) is 0 Å². The molecular weight excluding hydrogens is 234 g/mol. The lowest BCUT2D eigenvalue weighted by atomic mass is 10.2. The first kappa shape index (κ1) is 10.2. The minimum absolute atomic E-state index is 0.709. The molecule has 0 unspecified atom stereocenters. The molecular formula is C11H9N5S. The van der Waals surface area contributed by atoms with Crippen LogP contribution in [0.5, 0.6) is 0 Å². The first-order valence-electron chi connectivity index (χ1n) is 5.08. The second-order valence-corrected chi connectivity index (χ2v) is 4.09. The summed E-state index contributed by atoms with van der Waals surface area (Å²) in [5.74, 6) is 0.709. The number of aryl methyl sites for hydroxylation is 1. The molecule has 0 atom stereocenters. The van der Waals surface area contributed by atoms with Gasteiger partial charge in [0, 0.05) is 22.9 Å². The standard InChI is InChI=1S/C11H9N5S/c1-7-12-6-10(17)11(15-7)8-5-14-16-9(8)3-2-4-13-16/h2-6,17H,1H3. The van der Waals surface area contributed by atoms with Gasteiger partial charge in [0.2, 0.25) is 0 Å². The number of aromatic nitrogens is 5. The van der Waals surface area contributed by atoms with Crippen molar-refractivity contribution >= 4 is 18.1 Å². The number of nitrogens with zero attached hydrogens (tertiary/aromatic N) is 5. The van der Waals surface area contributed by atoms with Crippen LogP contribution in [0.3, 0.4) is 0 Å². The van der Waals surface area contributed by atoms with E-state index in [0.717, 1.165) is 21.7 Å². The highest BCUT2D eigenvalue weighted by Crippen LogP contribution is 2.26. The largest absolute Gasteiger partial charge is 0.240 e. The maximum absolute atomic E-state index is 4.40. The summed E-state index contributed by atoms with van der Waals surface area (Å²) in [5.41, 5.74) is 2.60. The summed E-state index contributed by atoms with van der Waals surface area (Å²) in [7, 11) is 0. The third kappa shape index (κ3) is 1.66. The first-order chi connectivity index (χ1) is 8.25. The van der Waals surface area contributed by atoms with E-state index in [0.29, 0.717) is 5.82 Å². The molecule has 6 heteroatoms. The van der Waals surface area contributed by atoms with Crippen LogP contribution < -0.4 is 0 Å². The van der Waals surface area contributed by atoms with E-state index in [1.807, 2.05) is 19.1 Å². The summed E-state index contributed by atoms with van der Waals surface area (Å²) in [4.78, 5) is 9.23. The summed E-state index contributed by atoms with van der Waals surface area (Å²) in [6.07, 6.45) is 5.13. The van der Waals surface area contributed by atoms with Crippen LogP contribution in [0.4, 0.5) is 0 Å². The lowest BCUT2D eigenvalue weighted by molar-refractivity contribution is 0.800. The van der Waals surface area contributed by atoms with E-state index in [1.54, 1.807) is 23.2 Å². The van der Waals surface area contributed by atoms with Gasteiger partial charge in [0.05, 0.1) is 17.4 Å². The van der Waals surface area contributed by atoms with E-state index in [9.17, 15) is 0 Å². The Bertz CT molecular complexity index is 691. The highest BCUT2D eigenvalue weighted by atomic mass is 32.1. The van der Waals surface area contributed by atoms with Crippen molar-refractivity contribution in [3.8, 4) is 11.3 Å². The predicted octanol–water partition coefficient (Wildman–Crippen LogP) is 1.78. The molecule has 3 aromatic heterocycles. The second kappa shape index (κ2) is 3.81. The number of rotatable bonds is 1. The van der Waals surface area contributed by atoms with Crippen molar-refractivity contribution in [1.29, 1.82) is 0 Å². The lowest BCUT2D eigenvalue weighted by Crippen LogP contribution is -1.93. The van der Waals surface area contributed by atoms with Crippen molar-refractivity contribution in [2.24, 2.45) is 0 Å². The first-order valence-corrected chi connectivity index (χ1v) is 5.52. The lowest BCUT2D eigenvalue weighted by Gasteiger charge is -2.02. The number of thiol groups is 1. The molecule has 0 aliphatic carbocycles. The quantitative estimate of drug-likeness (QED) is 0.662. The van der Waals surface area contributed by atoms with Crippen LogP contribution in [0.15, 0.2) is 35.6 Å². The summed E-state index contributed by atoms with van der Waals surface area (Å²) in [6, 6.07) is 3.81. The van der Waals surface area contributed by atoms with Crippen LogP contribution in [0, 0.1) is 6.92 Å². The van der Waals surface area contributed by atoms with Gasteiger partial charge in [-0.05, 0) is 19.1 Å². The predicted molar refractivity (Wildman–Crippen MR) is 66.0 cm³/mol. The zero-order chi connectivity index (χ0) is 11.8. The molecule has 17 heavy (non-hydrogen) atoms. The highest BCUT2D eigenvalue weighted by molar-refractivity contribution is 7.80. The monoisotopic (exact) mass is 243 g/mol. The molecule has 0 saturated heterocycles. The van der Waals surface area contributed by atoms with Crippen molar-refractivity contribution in [2.45, 2.75) is 11.8 Å². The van der Waals surface area contributed by atoms with Gasteiger partial charge in [-0.2, -0.15) is 14.8 Å². The number of hydrogen-bond acceptors (Lipinski definition) is 5. The molecule has 84 valence electrons. The fraction of sp³-hybridized carbons (Fsp3) is 0.0909. The van der Waals surface area contributed by atoms with Crippen molar-refractivity contribution in [3.63, 3.8) is 0 Å². The topological polar surface area (TPSA) is 56.0 Å². The fourth-order valence-electron chi connectivity index (χ4n) is 1.68. The number of hydrogen-bond donors (Lipinski definition) is 1. The Morgan fingerprint density at radius 3 is 3.00 bits per heavy atom. The molecule has 0 bridgehead atoms. The fourth-order valence-corrected chi connectivity index (χ4v) is 1.91. The molecule has 5 nitrogen and oxygen atoms in total. The van der Waals surface area contributed by atoms with Crippen molar-refractivity contribution in [3.05, 3.63) is 36.5 Å². The maximum Gasteiger partial charge on any atom is 0.125 e. The van der Waals surface area contributed by atoms with Gasteiger partial charge >= 0.3 is 0 Å². The smallest absolute Gasteiger partial charge is 0.125 e. The zero-order valence-corrected chi connectivity index (χ0v) is 9.96. The van der Waals surface area contributed by atoms with Crippen molar-refractivity contribution in [1.82, 2.24) is 24.8 Å². The summed E-state index contributed by atoms with van der Waals surface area (Å²) in [5, 5.41) is 8.29. The summed E-state index contributed by atoms with van der Waals surface area (Å²) < 4.78 is 1.57. The van der Waals surface area contributed by atoms with Crippen LogP contribution >= 0.6 is 12.6 Å². The molecule has 0 aromatic carbocycles. The third-order valence-electron chi connectivity index (χ3n) is 2.45. The van der Waals surface area contributed by atoms with Gasteiger partial charge in [-0.3, -0.25) is 0 Å². The van der Waals surface area contributed by atoms with Crippen LogP contribution in [0.2, 0.25) is 0 Å². The average Bonchev–Trinajstić information content (AvgIpc) is 2.76. The SMILES string of the molecule is Cc1ncc(S)c(-c2cnn3ncccc23)n1. The van der Waals surface area contributed by atoms with Gasteiger partial charge in [0.15, 0.2) is 0 Å². The molecule has 3 rings (SSSR count). The molecule has 0 N–H and O–H groups in total. The molecule has 3 aromatic rings. The van der Waals surface area contributed by atoms with Crippen LogP contribution in [-0.4, -0.2) is 24.8 Å². The van der Waals surface area contributed by atoms with Gasteiger partial charge in [-0.25, -0.2) is 9.97 Å². The average molecular weight is 243 g/mol. The molecule has 0 saturated carbocycles. The summed E-state index contributed by atoms with van der Waals surface area (Å²) in [6.45, 7) is 1.85. The molecule has 0 aliphatic rings. The molecule has 0 amide bonds. The van der Waals surface area contributed by atoms with Gasteiger partial charge < -0.3 is 0 Å². The van der Waals surface area contributed by atoms with E-state index >= 15 is 0 Å². The Balaban J connectivity index is 2.31. The van der Waals surface area contributed by atoms with Gasteiger partial charge in [-0.1, -0.05) is 0 Å². The van der Waals surface area contributed by atoms with Gasteiger partial charge in [0.1, 0.15) is 5.82 Å². The molecule has 0 aliphatic heterocycles. The normalized spacial score (nSPS) is 10.9. The molecule has 0 radical (unpaired) electrons. The Morgan fingerprint density at radius 2 is 2.12 bits per heavy atom. The van der Waals surface area contributed by atoms with E-state index in [-0.39, 0.29) is 0 Å². The Morgan fingerprint density at radius 1 is 1.24 bits per heavy atom. The highest BCUT2D eigenvalue weighted by Gasteiger charge is 2.11. The Kier molecular flexibility index (Phi) is 2.29. The molecule has 3 heterocycles. The van der Waals surface area contributed by atoms with E-state index in [4.69, 9.17) is 0 Å².